The Morgan fingerprint density at radius 3 is 1.30 bits per heavy atom. The number of hydrogen-bond acceptors (Lipinski definition) is 21. The van der Waals surface area contributed by atoms with E-state index in [1.807, 2.05) is 0 Å². The fourth-order valence-electron chi connectivity index (χ4n) is 5.91. The predicted molar refractivity (Wildman–Crippen MR) is 195 cm³/mol. The standard InChI is InChI=1S/C37H44NO21P/c1-19(39)47-17-27-30(50-22(4)42)32(56-37(38)45)33(52-24(6)44)35(53-27)55-34-31(51-23(5)43)29(49-21(3)41)28(18-48-20(2)40)54-36(34)59-60(46,57-25-13-9-7-10-14-25)58-26-15-11-8-12-16-26/h7-16,27-36H,17-18H2,1-6H3,(H2,38,45)/t27-,28-,29+,30-,31-,32-,33+,34-,35+,36+/m1/s1. The molecular weight excluding hydrogens is 825 g/mol. The molecule has 1 amide bonds. The van der Waals surface area contributed by atoms with Gasteiger partial charge < -0.3 is 62.1 Å². The highest BCUT2D eigenvalue weighted by molar-refractivity contribution is 7.49. The number of carbonyl (C=O) groups excluding carboxylic acids is 7. The number of ether oxygens (including phenoxy) is 10. The van der Waals surface area contributed by atoms with E-state index >= 15 is 0 Å². The van der Waals surface area contributed by atoms with E-state index < -0.39 is 124 Å². The second-order valence-corrected chi connectivity index (χ2v) is 14.3. The predicted octanol–water partition coefficient (Wildman–Crippen LogP) is 2.42. The van der Waals surface area contributed by atoms with Crippen molar-refractivity contribution in [2.75, 3.05) is 13.2 Å². The highest BCUT2D eigenvalue weighted by Gasteiger charge is 2.59. The van der Waals surface area contributed by atoms with Crippen molar-refractivity contribution < 1.29 is 99.1 Å². The highest BCUT2D eigenvalue weighted by Crippen LogP contribution is 2.52. The summed E-state index contributed by atoms with van der Waals surface area (Å²) in [7, 11) is -5.01. The average Bonchev–Trinajstić information content (AvgIpc) is 3.14. The smallest absolute Gasteiger partial charge is 0.463 e. The summed E-state index contributed by atoms with van der Waals surface area (Å²) in [6.07, 6.45) is -19.8. The van der Waals surface area contributed by atoms with E-state index in [2.05, 4.69) is 0 Å². The SMILES string of the molecule is CC(=O)OC[C@H]1O[C@@H](OP(=O)(Oc2ccccc2)Oc2ccccc2)[C@H](O[C@@H]2O[C@H](COC(C)=O)[C@@H](OC(C)=O)[C@@H](OC(N)=O)[C@@H]2OC(C)=O)[C@H](OC(C)=O)[C@H]1OC(C)=O. The van der Waals surface area contributed by atoms with Gasteiger partial charge in [0.2, 0.25) is 6.29 Å². The van der Waals surface area contributed by atoms with Crippen LogP contribution < -0.4 is 14.8 Å². The van der Waals surface area contributed by atoms with Crippen molar-refractivity contribution in [3.63, 3.8) is 0 Å². The molecule has 10 atom stereocenters. The maximum Gasteiger partial charge on any atom is 0.590 e. The molecule has 2 fully saturated rings. The van der Waals surface area contributed by atoms with E-state index in [9.17, 15) is 38.1 Å². The first-order valence-electron chi connectivity index (χ1n) is 18.0. The van der Waals surface area contributed by atoms with Crippen molar-refractivity contribution >= 4 is 49.7 Å². The molecule has 0 saturated carbocycles. The maximum absolute atomic E-state index is 14.8. The van der Waals surface area contributed by atoms with Crippen LogP contribution in [0.3, 0.4) is 0 Å². The first kappa shape index (κ1) is 46.9. The summed E-state index contributed by atoms with van der Waals surface area (Å²) in [5.74, 6) is -5.65. The largest absolute Gasteiger partial charge is 0.590 e. The molecule has 4 rings (SSSR count). The Morgan fingerprint density at radius 2 is 0.900 bits per heavy atom. The van der Waals surface area contributed by atoms with E-state index in [1.54, 1.807) is 36.4 Å². The molecule has 23 heteroatoms. The van der Waals surface area contributed by atoms with E-state index in [4.69, 9.17) is 66.7 Å². The molecule has 2 heterocycles. The van der Waals surface area contributed by atoms with Crippen LogP contribution in [0.1, 0.15) is 41.5 Å². The van der Waals surface area contributed by atoms with Crippen molar-refractivity contribution in [2.24, 2.45) is 5.73 Å². The Hall–Kier alpha value is -5.80. The number of hydrogen-bond donors (Lipinski definition) is 1. The van der Waals surface area contributed by atoms with Gasteiger partial charge in [0.1, 0.15) is 36.9 Å². The summed E-state index contributed by atoms with van der Waals surface area (Å²) < 4.78 is 88.5. The number of esters is 6. The number of phosphoric acid groups is 1. The van der Waals surface area contributed by atoms with Crippen molar-refractivity contribution in [3.05, 3.63) is 60.7 Å². The van der Waals surface area contributed by atoms with Gasteiger partial charge in [0.05, 0.1) is 0 Å². The Kier molecular flexibility index (Phi) is 16.8. The summed E-state index contributed by atoms with van der Waals surface area (Å²) in [6.45, 7) is 4.67. The number of carbonyl (C=O) groups is 7. The van der Waals surface area contributed by atoms with Crippen LogP contribution in [-0.4, -0.2) is 117 Å². The lowest BCUT2D eigenvalue weighted by atomic mass is 9.96. The van der Waals surface area contributed by atoms with Gasteiger partial charge in [0.15, 0.2) is 42.9 Å². The monoisotopic (exact) mass is 869 g/mol. The zero-order chi connectivity index (χ0) is 44.1. The van der Waals surface area contributed by atoms with Gasteiger partial charge in [-0.15, -0.1) is 0 Å². The van der Waals surface area contributed by atoms with Crippen LogP contribution in [0.5, 0.6) is 11.5 Å². The van der Waals surface area contributed by atoms with Crippen molar-refractivity contribution in [1.29, 1.82) is 0 Å². The molecule has 0 spiro atoms. The van der Waals surface area contributed by atoms with E-state index in [0.29, 0.717) is 0 Å². The lowest BCUT2D eigenvalue weighted by molar-refractivity contribution is -0.359. The van der Waals surface area contributed by atoms with Crippen LogP contribution in [0.25, 0.3) is 0 Å². The second-order valence-electron chi connectivity index (χ2n) is 12.9. The third-order valence-electron chi connectivity index (χ3n) is 7.99. The number of rotatable bonds is 17. The third kappa shape index (κ3) is 13.9. The summed E-state index contributed by atoms with van der Waals surface area (Å²) in [5.41, 5.74) is 5.38. The van der Waals surface area contributed by atoms with Gasteiger partial charge in [-0.3, -0.25) is 28.8 Å². The molecule has 60 heavy (non-hydrogen) atoms. The molecule has 0 bridgehead atoms. The summed E-state index contributed by atoms with van der Waals surface area (Å²) in [6, 6.07) is 15.2. The Morgan fingerprint density at radius 1 is 0.517 bits per heavy atom. The summed E-state index contributed by atoms with van der Waals surface area (Å²) >= 11 is 0. The molecule has 0 unspecified atom stereocenters. The number of primary amides is 1. The Bertz CT molecular complexity index is 1830. The van der Waals surface area contributed by atoms with Gasteiger partial charge in [-0.25, -0.2) is 13.9 Å². The van der Waals surface area contributed by atoms with Gasteiger partial charge in [0.25, 0.3) is 0 Å². The van der Waals surface area contributed by atoms with Crippen LogP contribution in [0.2, 0.25) is 0 Å². The molecule has 2 aliphatic rings. The van der Waals surface area contributed by atoms with Crippen molar-refractivity contribution in [1.82, 2.24) is 0 Å². The minimum absolute atomic E-state index is 0.0300. The van der Waals surface area contributed by atoms with Gasteiger partial charge >= 0.3 is 49.7 Å². The van der Waals surface area contributed by atoms with Gasteiger partial charge in [-0.05, 0) is 24.3 Å². The first-order valence-corrected chi connectivity index (χ1v) is 19.5. The Balaban J connectivity index is 1.92. The van der Waals surface area contributed by atoms with Crippen LogP contribution >= 0.6 is 7.82 Å². The molecule has 328 valence electrons. The van der Waals surface area contributed by atoms with E-state index in [0.717, 1.165) is 41.5 Å². The van der Waals surface area contributed by atoms with Gasteiger partial charge in [-0.2, -0.15) is 0 Å². The fourth-order valence-corrected chi connectivity index (χ4v) is 7.21. The fraction of sp³-hybridized carbons (Fsp3) is 0.486. The van der Waals surface area contributed by atoms with Crippen LogP contribution in [0.15, 0.2) is 60.7 Å². The molecule has 0 aromatic heterocycles. The van der Waals surface area contributed by atoms with Crippen LogP contribution in [-0.2, 0) is 85.2 Å². The summed E-state index contributed by atoms with van der Waals surface area (Å²) in [4.78, 5) is 86.4. The zero-order valence-electron chi connectivity index (χ0n) is 33.1. The molecule has 2 N–H and O–H groups in total. The van der Waals surface area contributed by atoms with Crippen LogP contribution in [0, 0.1) is 0 Å². The van der Waals surface area contributed by atoms with Crippen molar-refractivity contribution in [2.45, 2.75) is 103 Å². The average molecular weight is 870 g/mol. The molecule has 2 saturated heterocycles. The number of nitrogens with two attached hydrogens (primary N) is 1. The molecule has 2 aromatic carbocycles. The normalized spacial score (nSPS) is 26.2. The van der Waals surface area contributed by atoms with E-state index in [-0.39, 0.29) is 11.5 Å². The van der Waals surface area contributed by atoms with Gasteiger partial charge in [-0.1, -0.05) is 36.4 Å². The maximum atomic E-state index is 14.8. The molecule has 0 radical (unpaired) electrons. The topological polar surface area (TPSA) is 283 Å². The molecule has 2 aromatic rings. The molecule has 22 nitrogen and oxygen atoms in total. The highest BCUT2D eigenvalue weighted by atomic mass is 31.2. The minimum atomic E-state index is -5.01. The number of amides is 1. The third-order valence-corrected chi connectivity index (χ3v) is 9.32. The van der Waals surface area contributed by atoms with Gasteiger partial charge in [0, 0.05) is 41.5 Å². The lowest BCUT2D eigenvalue weighted by Gasteiger charge is -2.48. The number of benzene rings is 2. The molecule has 2 aliphatic heterocycles. The molecule has 0 aliphatic carbocycles. The van der Waals surface area contributed by atoms with Crippen molar-refractivity contribution in [3.8, 4) is 11.5 Å². The van der Waals surface area contributed by atoms with E-state index in [1.165, 1.54) is 24.3 Å². The number of phosphoric ester groups is 1. The quantitative estimate of drug-likeness (QED) is 0.136. The first-order chi connectivity index (χ1) is 28.3. The van der Waals surface area contributed by atoms with Crippen LogP contribution in [0.4, 0.5) is 4.79 Å². The zero-order valence-corrected chi connectivity index (χ0v) is 34.0. The Labute approximate surface area is 342 Å². The second kappa shape index (κ2) is 21.5. The number of para-hydroxylation sites is 2. The lowest BCUT2D eigenvalue weighted by Crippen LogP contribution is -2.67. The summed E-state index contributed by atoms with van der Waals surface area (Å²) in [5, 5.41) is 0. The minimum Gasteiger partial charge on any atom is -0.463 e. The molecular formula is C37H44NO21P.